The molecule has 0 radical (unpaired) electrons. The third-order valence-electron chi connectivity index (χ3n) is 5.29. The van der Waals surface area contributed by atoms with Gasteiger partial charge >= 0.3 is 0 Å². The summed E-state index contributed by atoms with van der Waals surface area (Å²) in [6, 6.07) is 13.1. The van der Waals surface area contributed by atoms with Crippen LogP contribution in [0.4, 0.5) is 11.4 Å². The summed E-state index contributed by atoms with van der Waals surface area (Å²) in [4.78, 5) is 25.7. The van der Waals surface area contributed by atoms with Crippen molar-refractivity contribution in [2.45, 2.75) is 33.2 Å². The van der Waals surface area contributed by atoms with Gasteiger partial charge in [-0.1, -0.05) is 30.3 Å². The highest BCUT2D eigenvalue weighted by atomic mass is 16.6. The first kappa shape index (κ1) is 19.0. The molecule has 1 atom stereocenters. The average Bonchev–Trinajstić information content (AvgIpc) is 2.65. The molecule has 2 aromatic rings. The molecular formula is C21H25N3O3. The Morgan fingerprint density at radius 3 is 2.74 bits per heavy atom. The van der Waals surface area contributed by atoms with Crippen LogP contribution < -0.4 is 5.32 Å². The minimum Gasteiger partial charge on any atom is -0.325 e. The fourth-order valence-corrected chi connectivity index (χ4v) is 3.63. The normalized spacial score (nSPS) is 17.5. The summed E-state index contributed by atoms with van der Waals surface area (Å²) in [6.45, 7) is 6.29. The van der Waals surface area contributed by atoms with Crippen LogP contribution in [-0.4, -0.2) is 28.8 Å². The molecule has 1 unspecified atom stereocenters. The van der Waals surface area contributed by atoms with Gasteiger partial charge in [0, 0.05) is 19.2 Å². The van der Waals surface area contributed by atoms with Gasteiger partial charge in [0.15, 0.2) is 0 Å². The number of nitro groups is 1. The number of likely N-dealkylation sites (tertiary alicyclic amines) is 1. The molecule has 0 aromatic heterocycles. The molecule has 1 heterocycles. The smallest absolute Gasteiger partial charge is 0.274 e. The van der Waals surface area contributed by atoms with E-state index in [1.807, 2.05) is 12.1 Å². The standard InChI is InChI=1S/C21H25N3O3/c1-15-7-3-4-8-17(15)13-23-12-6-9-18(14-23)21(25)22-19-10-5-11-20(16(19)2)24(26)27/h3-5,7-8,10-11,18H,6,9,12-14H2,1-2H3,(H,22,25). The lowest BCUT2D eigenvalue weighted by molar-refractivity contribution is -0.385. The van der Waals surface area contributed by atoms with Crippen LogP contribution in [0.25, 0.3) is 0 Å². The largest absolute Gasteiger partial charge is 0.325 e. The number of rotatable bonds is 5. The van der Waals surface area contributed by atoms with E-state index in [1.165, 1.54) is 17.2 Å². The van der Waals surface area contributed by atoms with Gasteiger partial charge < -0.3 is 5.32 Å². The van der Waals surface area contributed by atoms with E-state index in [9.17, 15) is 14.9 Å². The van der Waals surface area contributed by atoms with E-state index in [0.29, 0.717) is 17.8 Å². The number of carbonyl (C=O) groups is 1. The zero-order valence-corrected chi connectivity index (χ0v) is 15.8. The Labute approximate surface area is 159 Å². The minimum absolute atomic E-state index is 0.0256. The zero-order valence-electron chi connectivity index (χ0n) is 15.8. The summed E-state index contributed by atoms with van der Waals surface area (Å²) < 4.78 is 0. The molecular weight excluding hydrogens is 342 g/mol. The van der Waals surface area contributed by atoms with Crippen molar-refractivity contribution in [3.05, 3.63) is 69.3 Å². The van der Waals surface area contributed by atoms with E-state index in [-0.39, 0.29) is 17.5 Å². The van der Waals surface area contributed by atoms with Crippen molar-refractivity contribution in [1.82, 2.24) is 4.90 Å². The first-order chi connectivity index (χ1) is 13.0. The van der Waals surface area contributed by atoms with Crippen molar-refractivity contribution in [2.24, 2.45) is 5.92 Å². The lowest BCUT2D eigenvalue weighted by Crippen LogP contribution is -2.40. The number of carbonyl (C=O) groups excluding carboxylic acids is 1. The van der Waals surface area contributed by atoms with E-state index in [0.717, 1.165) is 25.9 Å². The number of nitro benzene ring substituents is 1. The Bertz CT molecular complexity index is 850. The zero-order chi connectivity index (χ0) is 19.4. The summed E-state index contributed by atoms with van der Waals surface area (Å²) in [7, 11) is 0. The number of nitrogens with one attached hydrogen (secondary N) is 1. The van der Waals surface area contributed by atoms with Gasteiger partial charge in [0.05, 0.1) is 22.1 Å². The molecule has 1 aliphatic rings. The quantitative estimate of drug-likeness (QED) is 0.639. The second kappa shape index (κ2) is 8.31. The lowest BCUT2D eigenvalue weighted by atomic mass is 9.96. The number of amides is 1. The highest BCUT2D eigenvalue weighted by Crippen LogP contribution is 2.27. The van der Waals surface area contributed by atoms with E-state index in [2.05, 4.69) is 29.3 Å². The fraction of sp³-hybridized carbons (Fsp3) is 0.381. The van der Waals surface area contributed by atoms with Crippen LogP contribution in [0.3, 0.4) is 0 Å². The van der Waals surface area contributed by atoms with E-state index in [1.54, 1.807) is 19.1 Å². The molecule has 0 bridgehead atoms. The van der Waals surface area contributed by atoms with Gasteiger partial charge in [-0.05, 0) is 50.4 Å². The number of benzene rings is 2. The molecule has 1 N–H and O–H groups in total. The van der Waals surface area contributed by atoms with Gasteiger partial charge in [0.25, 0.3) is 5.69 Å². The number of nitrogens with zero attached hydrogens (tertiary/aromatic N) is 2. The van der Waals surface area contributed by atoms with Crippen LogP contribution in [-0.2, 0) is 11.3 Å². The number of aryl methyl sites for hydroxylation is 1. The maximum absolute atomic E-state index is 12.8. The van der Waals surface area contributed by atoms with Crippen LogP contribution in [0, 0.1) is 29.9 Å². The summed E-state index contributed by atoms with van der Waals surface area (Å²) in [5.74, 6) is -0.172. The predicted molar refractivity (Wildman–Crippen MR) is 106 cm³/mol. The van der Waals surface area contributed by atoms with E-state index in [4.69, 9.17) is 0 Å². The number of hydrogen-bond donors (Lipinski definition) is 1. The molecule has 2 aromatic carbocycles. The summed E-state index contributed by atoms with van der Waals surface area (Å²) in [6.07, 6.45) is 1.81. The Morgan fingerprint density at radius 2 is 2.00 bits per heavy atom. The molecule has 0 spiro atoms. The predicted octanol–water partition coefficient (Wildman–Crippen LogP) is 4.06. The molecule has 6 heteroatoms. The molecule has 142 valence electrons. The van der Waals surface area contributed by atoms with Crippen molar-refractivity contribution < 1.29 is 9.72 Å². The maximum atomic E-state index is 12.8. The molecule has 0 saturated carbocycles. The Kier molecular flexibility index (Phi) is 5.86. The van der Waals surface area contributed by atoms with Gasteiger partial charge in [0.2, 0.25) is 5.91 Å². The summed E-state index contributed by atoms with van der Waals surface area (Å²) >= 11 is 0. The van der Waals surface area contributed by atoms with Crippen molar-refractivity contribution in [3.8, 4) is 0 Å². The Hall–Kier alpha value is -2.73. The fourth-order valence-electron chi connectivity index (χ4n) is 3.63. The van der Waals surface area contributed by atoms with Gasteiger partial charge in [-0.2, -0.15) is 0 Å². The van der Waals surface area contributed by atoms with Crippen LogP contribution in [0.1, 0.15) is 29.5 Å². The summed E-state index contributed by atoms with van der Waals surface area (Å²) in [5, 5.41) is 14.0. The van der Waals surface area contributed by atoms with Gasteiger partial charge in [0.1, 0.15) is 0 Å². The summed E-state index contributed by atoms with van der Waals surface area (Å²) in [5.41, 5.74) is 3.58. The van der Waals surface area contributed by atoms with E-state index >= 15 is 0 Å². The highest BCUT2D eigenvalue weighted by Gasteiger charge is 2.27. The van der Waals surface area contributed by atoms with Crippen molar-refractivity contribution in [2.75, 3.05) is 18.4 Å². The molecule has 6 nitrogen and oxygen atoms in total. The van der Waals surface area contributed by atoms with Crippen molar-refractivity contribution in [1.29, 1.82) is 0 Å². The lowest BCUT2D eigenvalue weighted by Gasteiger charge is -2.32. The van der Waals surface area contributed by atoms with E-state index < -0.39 is 4.92 Å². The third-order valence-corrected chi connectivity index (χ3v) is 5.29. The molecule has 1 aliphatic heterocycles. The maximum Gasteiger partial charge on any atom is 0.274 e. The monoisotopic (exact) mass is 367 g/mol. The highest BCUT2D eigenvalue weighted by molar-refractivity contribution is 5.94. The molecule has 1 fully saturated rings. The molecule has 1 saturated heterocycles. The average molecular weight is 367 g/mol. The molecule has 3 rings (SSSR count). The molecule has 0 aliphatic carbocycles. The van der Waals surface area contributed by atoms with Crippen molar-refractivity contribution >= 4 is 17.3 Å². The third kappa shape index (κ3) is 4.52. The first-order valence-electron chi connectivity index (χ1n) is 9.27. The van der Waals surface area contributed by atoms with Crippen LogP contribution in [0.5, 0.6) is 0 Å². The van der Waals surface area contributed by atoms with Crippen LogP contribution in [0.2, 0.25) is 0 Å². The van der Waals surface area contributed by atoms with Crippen molar-refractivity contribution in [3.63, 3.8) is 0 Å². The minimum atomic E-state index is -0.421. The number of hydrogen-bond acceptors (Lipinski definition) is 4. The SMILES string of the molecule is Cc1ccccc1CN1CCCC(C(=O)Nc2cccc([N+](=O)[O-])c2C)C1. The topological polar surface area (TPSA) is 75.5 Å². The Balaban J connectivity index is 1.66. The second-order valence-electron chi connectivity index (χ2n) is 7.20. The number of anilines is 1. The second-order valence-corrected chi connectivity index (χ2v) is 7.20. The number of piperidine rings is 1. The molecule has 1 amide bonds. The van der Waals surface area contributed by atoms with Gasteiger partial charge in [-0.15, -0.1) is 0 Å². The molecule has 27 heavy (non-hydrogen) atoms. The van der Waals surface area contributed by atoms with Crippen LogP contribution in [0.15, 0.2) is 42.5 Å². The Morgan fingerprint density at radius 1 is 1.22 bits per heavy atom. The van der Waals surface area contributed by atoms with Gasteiger partial charge in [-0.25, -0.2) is 0 Å². The van der Waals surface area contributed by atoms with Gasteiger partial charge in [-0.3, -0.25) is 19.8 Å². The first-order valence-corrected chi connectivity index (χ1v) is 9.27. The van der Waals surface area contributed by atoms with Crippen LogP contribution >= 0.6 is 0 Å².